The van der Waals surface area contributed by atoms with Crippen molar-refractivity contribution in [2.24, 2.45) is 0 Å². The molecule has 2 N–H and O–H groups in total. The van der Waals surface area contributed by atoms with E-state index in [0.717, 1.165) is 5.56 Å². The van der Waals surface area contributed by atoms with Crippen LogP contribution in [0.25, 0.3) is 0 Å². The van der Waals surface area contributed by atoms with Crippen LogP contribution in [0.3, 0.4) is 0 Å². The van der Waals surface area contributed by atoms with Crippen LogP contribution in [0.5, 0.6) is 5.75 Å². The fourth-order valence-corrected chi connectivity index (χ4v) is 0.777. The standard InChI is InChI=1S/C7H9NO.Rb/c1-5-2-6(8)4-7(9)3-5;/h2-4,9H,8H2,1H3;/q;+1/p-1. The first-order valence-corrected chi connectivity index (χ1v) is 2.72. The molecule has 1 aromatic carbocycles. The van der Waals surface area contributed by atoms with Gasteiger partial charge >= 0.3 is 58.2 Å². The van der Waals surface area contributed by atoms with E-state index in [2.05, 4.69) is 0 Å². The molecule has 10 heavy (non-hydrogen) atoms. The SMILES string of the molecule is Cc1cc(N)cc([O-])c1.[Rb+]. The molecule has 0 aliphatic rings. The van der Waals surface area contributed by atoms with Gasteiger partial charge in [-0.25, -0.2) is 0 Å². The van der Waals surface area contributed by atoms with E-state index in [1.807, 2.05) is 6.92 Å². The average molecular weight is 208 g/mol. The van der Waals surface area contributed by atoms with Gasteiger partial charge in [0.15, 0.2) is 0 Å². The quantitative estimate of drug-likeness (QED) is 0.485. The number of aryl methyl sites for hydroxylation is 1. The van der Waals surface area contributed by atoms with E-state index >= 15 is 0 Å². The molecule has 0 fully saturated rings. The van der Waals surface area contributed by atoms with E-state index in [-0.39, 0.29) is 63.9 Å². The summed E-state index contributed by atoms with van der Waals surface area (Å²) in [6, 6.07) is 4.73. The van der Waals surface area contributed by atoms with Gasteiger partial charge in [0.2, 0.25) is 0 Å². The Hall–Kier alpha value is 0.625. The predicted molar refractivity (Wildman–Crippen MR) is 35.0 cm³/mol. The Labute approximate surface area is 109 Å². The number of nitrogen functional groups attached to an aromatic ring is 1. The molecule has 0 saturated heterocycles. The Morgan fingerprint density at radius 1 is 1.30 bits per heavy atom. The van der Waals surface area contributed by atoms with Crippen LogP contribution in [0.1, 0.15) is 5.56 Å². The van der Waals surface area contributed by atoms with Crippen LogP contribution < -0.4 is 69.0 Å². The van der Waals surface area contributed by atoms with Gasteiger partial charge in [-0.1, -0.05) is 6.07 Å². The van der Waals surface area contributed by atoms with E-state index in [1.54, 1.807) is 12.1 Å². The summed E-state index contributed by atoms with van der Waals surface area (Å²) in [6.45, 7) is 1.84. The second kappa shape index (κ2) is 4.49. The fraction of sp³-hybridized carbons (Fsp3) is 0.143. The number of anilines is 1. The minimum Gasteiger partial charge on any atom is -0.872 e. The van der Waals surface area contributed by atoms with Gasteiger partial charge in [-0.15, -0.1) is 5.75 Å². The van der Waals surface area contributed by atoms with Crippen molar-refractivity contribution in [3.8, 4) is 5.75 Å². The van der Waals surface area contributed by atoms with Crippen molar-refractivity contribution in [3.05, 3.63) is 23.8 Å². The van der Waals surface area contributed by atoms with Gasteiger partial charge in [-0.05, 0) is 24.6 Å². The zero-order valence-electron chi connectivity index (χ0n) is 6.22. The number of nitrogens with two attached hydrogens (primary N) is 1. The molecule has 2 nitrogen and oxygen atoms in total. The minimum atomic E-state index is -0.0208. The molecule has 3 heteroatoms. The Bertz CT molecular complexity index is 174. The molecule has 0 saturated carbocycles. The summed E-state index contributed by atoms with van der Waals surface area (Å²) in [6.07, 6.45) is 0. The molecule has 0 bridgehead atoms. The van der Waals surface area contributed by atoms with Crippen molar-refractivity contribution in [2.75, 3.05) is 5.73 Å². The van der Waals surface area contributed by atoms with Gasteiger partial charge < -0.3 is 10.8 Å². The molecule has 0 spiro atoms. The van der Waals surface area contributed by atoms with Crippen LogP contribution in [0.4, 0.5) is 5.69 Å². The maximum atomic E-state index is 10.6. The predicted octanol–water partition coefficient (Wildman–Crippen LogP) is -2.35. The van der Waals surface area contributed by atoms with Crippen LogP contribution in [0.15, 0.2) is 18.2 Å². The van der Waals surface area contributed by atoms with Crippen LogP contribution in [0.2, 0.25) is 0 Å². The third-order valence-corrected chi connectivity index (χ3v) is 1.07. The van der Waals surface area contributed by atoms with Crippen LogP contribution in [0, 0.1) is 6.92 Å². The molecule has 1 rings (SSSR count). The topological polar surface area (TPSA) is 49.1 Å². The first-order chi connectivity index (χ1) is 4.18. The third-order valence-electron chi connectivity index (χ3n) is 1.07. The number of rotatable bonds is 0. The summed E-state index contributed by atoms with van der Waals surface area (Å²) < 4.78 is 0. The minimum absolute atomic E-state index is 0. The monoisotopic (exact) mass is 207 g/mol. The summed E-state index contributed by atoms with van der Waals surface area (Å²) >= 11 is 0. The van der Waals surface area contributed by atoms with Gasteiger partial charge in [0.05, 0.1) is 0 Å². The van der Waals surface area contributed by atoms with E-state index in [4.69, 9.17) is 5.73 Å². The molecule has 1 aromatic rings. The van der Waals surface area contributed by atoms with Crippen LogP contribution >= 0.6 is 0 Å². The number of benzene rings is 1. The summed E-state index contributed by atoms with van der Waals surface area (Å²) in [7, 11) is 0. The van der Waals surface area contributed by atoms with Gasteiger partial charge in [0.1, 0.15) is 0 Å². The summed E-state index contributed by atoms with van der Waals surface area (Å²) in [4.78, 5) is 0. The number of hydrogen-bond acceptors (Lipinski definition) is 2. The smallest absolute Gasteiger partial charge is 0.872 e. The van der Waals surface area contributed by atoms with Crippen molar-refractivity contribution in [1.82, 2.24) is 0 Å². The zero-order chi connectivity index (χ0) is 6.85. The van der Waals surface area contributed by atoms with Crippen molar-refractivity contribution in [1.29, 1.82) is 0 Å². The second-order valence-electron chi connectivity index (χ2n) is 2.08. The molecule has 0 atom stereocenters. The largest absolute Gasteiger partial charge is 1.00 e. The average Bonchev–Trinajstić information content (AvgIpc) is 1.59. The van der Waals surface area contributed by atoms with Gasteiger partial charge in [-0.2, -0.15) is 0 Å². The zero-order valence-corrected chi connectivity index (χ0v) is 11.1. The maximum Gasteiger partial charge on any atom is 1.00 e. The van der Waals surface area contributed by atoms with Gasteiger partial charge in [-0.3, -0.25) is 0 Å². The molecule has 0 amide bonds. The molecule has 0 heterocycles. The molecule has 0 aliphatic heterocycles. The van der Waals surface area contributed by atoms with Crippen molar-refractivity contribution < 1.29 is 63.3 Å². The maximum absolute atomic E-state index is 10.6. The molecule has 48 valence electrons. The Morgan fingerprint density at radius 3 is 2.30 bits per heavy atom. The first-order valence-electron chi connectivity index (χ1n) is 2.72. The molecule has 0 aromatic heterocycles. The van der Waals surface area contributed by atoms with Gasteiger partial charge in [0, 0.05) is 5.69 Å². The molecule has 0 aliphatic carbocycles. The van der Waals surface area contributed by atoms with E-state index in [0.29, 0.717) is 5.69 Å². The van der Waals surface area contributed by atoms with E-state index < -0.39 is 0 Å². The summed E-state index contributed by atoms with van der Waals surface area (Å²) in [5, 5.41) is 10.6. The molecule has 0 radical (unpaired) electrons. The van der Waals surface area contributed by atoms with E-state index in [9.17, 15) is 5.11 Å². The third kappa shape index (κ3) is 3.15. The van der Waals surface area contributed by atoms with Gasteiger partial charge in [0.25, 0.3) is 0 Å². The number of hydrogen-bond donors (Lipinski definition) is 1. The summed E-state index contributed by atoms with van der Waals surface area (Å²) in [5.74, 6) is -0.0208. The molecule has 0 unspecified atom stereocenters. The first kappa shape index (κ1) is 10.6. The molecular formula is C7H8NORb. The van der Waals surface area contributed by atoms with Crippen molar-refractivity contribution in [2.45, 2.75) is 6.92 Å². The summed E-state index contributed by atoms with van der Waals surface area (Å²) in [5.41, 5.74) is 6.82. The second-order valence-corrected chi connectivity index (χ2v) is 2.08. The fourth-order valence-electron chi connectivity index (χ4n) is 0.777. The Balaban J connectivity index is 0.000000810. The van der Waals surface area contributed by atoms with Crippen molar-refractivity contribution in [3.63, 3.8) is 0 Å². The normalized spacial score (nSPS) is 8.50. The Kier molecular flexibility index (Phi) is 4.77. The molecular weight excluding hydrogens is 200 g/mol. The van der Waals surface area contributed by atoms with E-state index in [1.165, 1.54) is 6.07 Å². The van der Waals surface area contributed by atoms with Crippen molar-refractivity contribution >= 4 is 5.69 Å². The van der Waals surface area contributed by atoms with Crippen LogP contribution in [-0.2, 0) is 0 Å². The van der Waals surface area contributed by atoms with Crippen LogP contribution in [-0.4, -0.2) is 0 Å². The Morgan fingerprint density at radius 2 is 1.90 bits per heavy atom.